The van der Waals surface area contributed by atoms with Crippen LogP contribution in [0.2, 0.25) is 0 Å². The van der Waals surface area contributed by atoms with Crippen molar-refractivity contribution in [1.29, 1.82) is 5.26 Å². The normalized spacial score (nSPS) is 9.33. The Hall–Kier alpha value is -1.01. The SMILES string of the molecule is N#CCCc1ccc(Br)cc1O. The Bertz CT molecular complexity index is 317. The van der Waals surface area contributed by atoms with Gasteiger partial charge in [-0.15, -0.1) is 0 Å². The Labute approximate surface area is 79.6 Å². The second-order valence-corrected chi connectivity index (χ2v) is 3.35. The average molecular weight is 226 g/mol. The zero-order valence-electron chi connectivity index (χ0n) is 6.42. The standard InChI is InChI=1S/C9H8BrNO/c10-8-4-3-7(2-1-5-11)9(12)6-8/h3-4,6,12H,1-2H2. The zero-order valence-corrected chi connectivity index (χ0v) is 8.00. The van der Waals surface area contributed by atoms with Gasteiger partial charge in [-0.25, -0.2) is 0 Å². The van der Waals surface area contributed by atoms with Gasteiger partial charge in [-0.3, -0.25) is 0 Å². The Morgan fingerprint density at radius 1 is 1.50 bits per heavy atom. The van der Waals surface area contributed by atoms with E-state index in [1.165, 1.54) is 0 Å². The van der Waals surface area contributed by atoms with Gasteiger partial charge < -0.3 is 5.11 Å². The molecule has 1 N–H and O–H groups in total. The van der Waals surface area contributed by atoms with Crippen LogP contribution in [0.4, 0.5) is 0 Å². The lowest BCUT2D eigenvalue weighted by molar-refractivity contribution is 0.468. The molecule has 0 aliphatic heterocycles. The Morgan fingerprint density at radius 3 is 2.83 bits per heavy atom. The van der Waals surface area contributed by atoms with Crippen molar-refractivity contribution in [3.05, 3.63) is 28.2 Å². The molecule has 0 aliphatic carbocycles. The first kappa shape index (κ1) is 9.08. The van der Waals surface area contributed by atoms with E-state index in [4.69, 9.17) is 5.26 Å². The molecule has 1 aromatic carbocycles. The van der Waals surface area contributed by atoms with E-state index in [0.717, 1.165) is 10.0 Å². The maximum Gasteiger partial charge on any atom is 0.119 e. The predicted octanol–water partition coefficient (Wildman–Crippen LogP) is 2.61. The number of rotatable bonds is 2. The van der Waals surface area contributed by atoms with E-state index in [-0.39, 0.29) is 5.75 Å². The van der Waals surface area contributed by atoms with Crippen LogP contribution in [0.1, 0.15) is 12.0 Å². The molecule has 0 amide bonds. The van der Waals surface area contributed by atoms with Crippen LogP contribution in [0.25, 0.3) is 0 Å². The van der Waals surface area contributed by atoms with Crippen LogP contribution in [0.15, 0.2) is 22.7 Å². The minimum absolute atomic E-state index is 0.250. The molecule has 12 heavy (non-hydrogen) atoms. The van der Waals surface area contributed by atoms with Crippen molar-refractivity contribution in [2.24, 2.45) is 0 Å². The van der Waals surface area contributed by atoms with E-state index in [1.807, 2.05) is 18.2 Å². The second-order valence-electron chi connectivity index (χ2n) is 2.43. The van der Waals surface area contributed by atoms with Gasteiger partial charge in [-0.2, -0.15) is 5.26 Å². The monoisotopic (exact) mass is 225 g/mol. The van der Waals surface area contributed by atoms with Crippen molar-refractivity contribution in [2.45, 2.75) is 12.8 Å². The Kier molecular flexibility index (Phi) is 3.12. The quantitative estimate of drug-likeness (QED) is 0.842. The maximum atomic E-state index is 9.38. The molecule has 0 fully saturated rings. The highest BCUT2D eigenvalue weighted by molar-refractivity contribution is 9.10. The lowest BCUT2D eigenvalue weighted by Gasteiger charge is -2.01. The summed E-state index contributed by atoms with van der Waals surface area (Å²) in [5.41, 5.74) is 0.819. The molecule has 0 heterocycles. The molecule has 1 rings (SSSR count). The van der Waals surface area contributed by atoms with E-state index in [2.05, 4.69) is 15.9 Å². The highest BCUT2D eigenvalue weighted by atomic mass is 79.9. The molecular formula is C9H8BrNO. The first-order chi connectivity index (χ1) is 5.74. The van der Waals surface area contributed by atoms with Gasteiger partial charge in [-0.1, -0.05) is 22.0 Å². The molecule has 0 bridgehead atoms. The van der Waals surface area contributed by atoms with Crippen LogP contribution in [-0.2, 0) is 6.42 Å². The fourth-order valence-electron chi connectivity index (χ4n) is 0.939. The van der Waals surface area contributed by atoms with Crippen LogP contribution in [0, 0.1) is 11.3 Å². The number of aromatic hydroxyl groups is 1. The average Bonchev–Trinajstić information content (AvgIpc) is 2.03. The molecule has 0 atom stereocenters. The second kappa shape index (κ2) is 4.13. The fourth-order valence-corrected chi connectivity index (χ4v) is 1.29. The van der Waals surface area contributed by atoms with E-state index in [1.54, 1.807) is 6.07 Å². The number of aryl methyl sites for hydroxylation is 1. The molecule has 0 unspecified atom stereocenters. The summed E-state index contributed by atoms with van der Waals surface area (Å²) < 4.78 is 0.848. The van der Waals surface area contributed by atoms with E-state index in [0.29, 0.717) is 12.8 Å². The fraction of sp³-hybridized carbons (Fsp3) is 0.222. The molecule has 62 valence electrons. The number of halogens is 1. The molecule has 0 spiro atoms. The predicted molar refractivity (Wildman–Crippen MR) is 49.7 cm³/mol. The van der Waals surface area contributed by atoms with Crippen LogP contribution < -0.4 is 0 Å². The van der Waals surface area contributed by atoms with Crippen molar-refractivity contribution < 1.29 is 5.11 Å². The lowest BCUT2D eigenvalue weighted by atomic mass is 10.1. The maximum absolute atomic E-state index is 9.38. The third-order valence-corrected chi connectivity index (χ3v) is 2.05. The third kappa shape index (κ3) is 2.24. The van der Waals surface area contributed by atoms with Crippen LogP contribution >= 0.6 is 15.9 Å². The van der Waals surface area contributed by atoms with E-state index < -0.39 is 0 Å². The summed E-state index contributed by atoms with van der Waals surface area (Å²) in [7, 11) is 0. The van der Waals surface area contributed by atoms with Crippen molar-refractivity contribution in [3.63, 3.8) is 0 Å². The minimum atomic E-state index is 0.250. The molecule has 3 heteroatoms. The smallest absolute Gasteiger partial charge is 0.119 e. The van der Waals surface area contributed by atoms with Crippen molar-refractivity contribution in [3.8, 4) is 11.8 Å². The van der Waals surface area contributed by atoms with Crippen LogP contribution in [-0.4, -0.2) is 5.11 Å². The first-order valence-corrected chi connectivity index (χ1v) is 4.37. The highest BCUT2D eigenvalue weighted by Crippen LogP contribution is 2.22. The van der Waals surface area contributed by atoms with Gasteiger partial charge >= 0.3 is 0 Å². The summed E-state index contributed by atoms with van der Waals surface area (Å²) in [6.45, 7) is 0. The molecule has 0 saturated carbocycles. The number of benzene rings is 1. The number of hydrogen-bond donors (Lipinski definition) is 1. The summed E-state index contributed by atoms with van der Waals surface area (Å²) in [5.74, 6) is 0.250. The summed E-state index contributed by atoms with van der Waals surface area (Å²) >= 11 is 3.24. The summed E-state index contributed by atoms with van der Waals surface area (Å²) in [4.78, 5) is 0. The molecular weight excluding hydrogens is 218 g/mol. The van der Waals surface area contributed by atoms with Crippen molar-refractivity contribution in [2.75, 3.05) is 0 Å². The van der Waals surface area contributed by atoms with Crippen LogP contribution in [0.5, 0.6) is 5.75 Å². The molecule has 0 radical (unpaired) electrons. The van der Waals surface area contributed by atoms with E-state index >= 15 is 0 Å². The molecule has 2 nitrogen and oxygen atoms in total. The largest absolute Gasteiger partial charge is 0.508 e. The number of nitriles is 1. The van der Waals surface area contributed by atoms with Crippen molar-refractivity contribution >= 4 is 15.9 Å². The number of phenolic OH excluding ortho intramolecular Hbond substituents is 1. The van der Waals surface area contributed by atoms with Gasteiger partial charge in [0, 0.05) is 10.9 Å². The van der Waals surface area contributed by atoms with Crippen molar-refractivity contribution in [1.82, 2.24) is 0 Å². The summed E-state index contributed by atoms with van der Waals surface area (Å²) in [6.07, 6.45) is 1.05. The third-order valence-electron chi connectivity index (χ3n) is 1.55. The van der Waals surface area contributed by atoms with Gasteiger partial charge in [0.15, 0.2) is 0 Å². The van der Waals surface area contributed by atoms with Crippen LogP contribution in [0.3, 0.4) is 0 Å². The van der Waals surface area contributed by atoms with Gasteiger partial charge in [0.05, 0.1) is 6.07 Å². The summed E-state index contributed by atoms with van der Waals surface area (Å²) in [6, 6.07) is 7.34. The minimum Gasteiger partial charge on any atom is -0.508 e. The number of hydrogen-bond acceptors (Lipinski definition) is 2. The number of nitrogens with zero attached hydrogens (tertiary/aromatic N) is 1. The molecule has 1 aromatic rings. The van der Waals surface area contributed by atoms with E-state index in [9.17, 15) is 5.11 Å². The van der Waals surface area contributed by atoms with Gasteiger partial charge in [0.2, 0.25) is 0 Å². The molecule has 0 aliphatic rings. The topological polar surface area (TPSA) is 44.0 Å². The first-order valence-electron chi connectivity index (χ1n) is 3.58. The highest BCUT2D eigenvalue weighted by Gasteiger charge is 2.00. The zero-order chi connectivity index (χ0) is 8.97. The molecule has 0 aromatic heterocycles. The number of phenols is 1. The Morgan fingerprint density at radius 2 is 2.25 bits per heavy atom. The lowest BCUT2D eigenvalue weighted by Crippen LogP contribution is -1.84. The van der Waals surface area contributed by atoms with Gasteiger partial charge in [-0.05, 0) is 24.1 Å². The Balaban J connectivity index is 2.81. The van der Waals surface area contributed by atoms with Gasteiger partial charge in [0.25, 0.3) is 0 Å². The molecule has 0 saturated heterocycles. The summed E-state index contributed by atoms with van der Waals surface area (Å²) in [5, 5.41) is 17.7. The van der Waals surface area contributed by atoms with Gasteiger partial charge in [0.1, 0.15) is 5.75 Å².